The predicted octanol–water partition coefficient (Wildman–Crippen LogP) is 3.20. The zero-order valence-corrected chi connectivity index (χ0v) is 9.86. The number of fused-ring (bicyclic) bond motifs is 3. The highest BCUT2D eigenvalue weighted by Gasteiger charge is 2.23. The lowest BCUT2D eigenvalue weighted by atomic mass is 10.0. The molecule has 0 fully saturated rings. The van der Waals surface area contributed by atoms with E-state index >= 15 is 0 Å². The third-order valence-corrected chi connectivity index (χ3v) is 3.51. The predicted molar refractivity (Wildman–Crippen MR) is 65.5 cm³/mol. The van der Waals surface area contributed by atoms with Crippen molar-refractivity contribution in [3.05, 3.63) is 35.6 Å². The van der Waals surface area contributed by atoms with Gasteiger partial charge in [0, 0.05) is 23.5 Å². The van der Waals surface area contributed by atoms with Crippen LogP contribution in [-0.2, 0) is 13.0 Å². The van der Waals surface area contributed by atoms with Gasteiger partial charge < -0.3 is 4.42 Å². The highest BCUT2D eigenvalue weighted by molar-refractivity contribution is 5.82. The molecule has 2 aromatic rings. The second-order valence-corrected chi connectivity index (χ2v) is 4.81. The van der Waals surface area contributed by atoms with E-state index in [2.05, 4.69) is 36.9 Å². The fourth-order valence-corrected chi connectivity index (χ4v) is 2.51. The summed E-state index contributed by atoms with van der Waals surface area (Å²) in [7, 11) is 0. The molecule has 2 nitrogen and oxygen atoms in total. The Kier molecular flexibility index (Phi) is 2.25. The zero-order chi connectivity index (χ0) is 11.1. The van der Waals surface area contributed by atoms with E-state index in [9.17, 15) is 0 Å². The topological polar surface area (TPSA) is 16.4 Å². The number of hydrogen-bond donors (Lipinski definition) is 0. The number of hydrogen-bond acceptors (Lipinski definition) is 2. The van der Waals surface area contributed by atoms with Crippen LogP contribution in [0.5, 0.6) is 0 Å². The molecule has 0 saturated heterocycles. The Bertz CT molecular complexity index is 512. The van der Waals surface area contributed by atoms with Crippen molar-refractivity contribution in [3.8, 4) is 0 Å². The average Bonchev–Trinajstić information content (AvgIpc) is 2.66. The minimum Gasteiger partial charge on any atom is -0.459 e. The first-order valence-corrected chi connectivity index (χ1v) is 5.99. The Hall–Kier alpha value is -1.28. The van der Waals surface area contributed by atoms with Gasteiger partial charge in [0.15, 0.2) is 0 Å². The molecule has 1 aromatic carbocycles. The van der Waals surface area contributed by atoms with Crippen molar-refractivity contribution in [1.29, 1.82) is 0 Å². The van der Waals surface area contributed by atoms with Gasteiger partial charge in [-0.25, -0.2) is 0 Å². The van der Waals surface area contributed by atoms with Gasteiger partial charge in [0.25, 0.3) is 0 Å². The van der Waals surface area contributed by atoms with Gasteiger partial charge in [-0.3, -0.25) is 4.90 Å². The van der Waals surface area contributed by atoms with Crippen LogP contribution in [0, 0.1) is 0 Å². The van der Waals surface area contributed by atoms with Crippen molar-refractivity contribution in [1.82, 2.24) is 4.90 Å². The van der Waals surface area contributed by atoms with E-state index in [1.165, 1.54) is 16.7 Å². The molecule has 0 atom stereocenters. The van der Waals surface area contributed by atoms with E-state index in [0.717, 1.165) is 25.1 Å². The molecule has 0 amide bonds. The fraction of sp³-hybridized carbons (Fsp3) is 0.429. The molecule has 16 heavy (non-hydrogen) atoms. The van der Waals surface area contributed by atoms with Crippen LogP contribution in [0.25, 0.3) is 11.0 Å². The second kappa shape index (κ2) is 3.63. The van der Waals surface area contributed by atoms with Crippen molar-refractivity contribution in [2.24, 2.45) is 0 Å². The van der Waals surface area contributed by atoms with Crippen LogP contribution < -0.4 is 0 Å². The lowest BCUT2D eigenvalue weighted by molar-refractivity contribution is 0.186. The first-order valence-electron chi connectivity index (χ1n) is 5.99. The van der Waals surface area contributed by atoms with E-state index in [-0.39, 0.29) is 0 Å². The second-order valence-electron chi connectivity index (χ2n) is 4.81. The summed E-state index contributed by atoms with van der Waals surface area (Å²) in [5.41, 5.74) is 2.46. The quantitative estimate of drug-likeness (QED) is 0.726. The minimum absolute atomic E-state index is 0.598. The maximum atomic E-state index is 5.93. The molecule has 3 rings (SSSR count). The van der Waals surface area contributed by atoms with Crippen LogP contribution >= 0.6 is 0 Å². The monoisotopic (exact) mass is 215 g/mol. The minimum atomic E-state index is 0.598. The normalized spacial score (nSPS) is 16.9. The van der Waals surface area contributed by atoms with Gasteiger partial charge in [-0.1, -0.05) is 18.2 Å². The van der Waals surface area contributed by atoms with E-state index in [0.29, 0.717) is 6.04 Å². The van der Waals surface area contributed by atoms with E-state index in [1.54, 1.807) is 0 Å². The van der Waals surface area contributed by atoms with Crippen LogP contribution in [0.1, 0.15) is 25.2 Å². The lowest BCUT2D eigenvalue weighted by Gasteiger charge is -2.29. The fourth-order valence-electron chi connectivity index (χ4n) is 2.51. The summed E-state index contributed by atoms with van der Waals surface area (Å²) < 4.78 is 5.93. The molecule has 2 heterocycles. The molecule has 1 aromatic heterocycles. The summed E-state index contributed by atoms with van der Waals surface area (Å²) in [5, 5.41) is 1.31. The van der Waals surface area contributed by atoms with Crippen molar-refractivity contribution in [3.63, 3.8) is 0 Å². The van der Waals surface area contributed by atoms with E-state index in [4.69, 9.17) is 4.42 Å². The van der Waals surface area contributed by atoms with Gasteiger partial charge in [0.1, 0.15) is 11.3 Å². The van der Waals surface area contributed by atoms with Crippen LogP contribution in [-0.4, -0.2) is 17.5 Å². The number of benzene rings is 1. The smallest absolute Gasteiger partial charge is 0.134 e. The molecule has 0 aliphatic carbocycles. The Labute approximate surface area is 95.9 Å². The summed E-state index contributed by atoms with van der Waals surface area (Å²) in [6.07, 6.45) is 1.12. The molecule has 0 saturated carbocycles. The number of para-hydroxylation sites is 1. The molecular weight excluding hydrogens is 198 g/mol. The molecule has 1 aliphatic heterocycles. The maximum absolute atomic E-state index is 5.93. The summed E-state index contributed by atoms with van der Waals surface area (Å²) in [6.45, 7) is 6.59. The third-order valence-electron chi connectivity index (χ3n) is 3.51. The van der Waals surface area contributed by atoms with Crippen LogP contribution in [0.2, 0.25) is 0 Å². The van der Waals surface area contributed by atoms with Crippen molar-refractivity contribution in [2.45, 2.75) is 32.9 Å². The molecular formula is C14H17NO. The number of nitrogens with zero attached hydrogens (tertiary/aromatic N) is 1. The van der Waals surface area contributed by atoms with Gasteiger partial charge in [-0.15, -0.1) is 0 Å². The third kappa shape index (κ3) is 1.45. The van der Waals surface area contributed by atoms with Crippen LogP contribution in [0.4, 0.5) is 0 Å². The van der Waals surface area contributed by atoms with Gasteiger partial charge in [-0.05, 0) is 26.3 Å². The van der Waals surface area contributed by atoms with Gasteiger partial charge >= 0.3 is 0 Å². The largest absolute Gasteiger partial charge is 0.459 e. The summed E-state index contributed by atoms with van der Waals surface area (Å²) >= 11 is 0. The van der Waals surface area contributed by atoms with Gasteiger partial charge in [0.2, 0.25) is 0 Å². The Morgan fingerprint density at radius 2 is 2.06 bits per heavy atom. The molecule has 2 heteroatoms. The molecule has 0 N–H and O–H groups in total. The van der Waals surface area contributed by atoms with E-state index in [1.807, 2.05) is 6.07 Å². The van der Waals surface area contributed by atoms with E-state index < -0.39 is 0 Å². The van der Waals surface area contributed by atoms with Crippen molar-refractivity contribution >= 4 is 11.0 Å². The van der Waals surface area contributed by atoms with Crippen LogP contribution in [0.3, 0.4) is 0 Å². The molecule has 0 unspecified atom stereocenters. The summed E-state index contributed by atoms with van der Waals surface area (Å²) in [6, 6.07) is 8.96. The highest BCUT2D eigenvalue weighted by atomic mass is 16.3. The van der Waals surface area contributed by atoms with Crippen molar-refractivity contribution < 1.29 is 4.42 Å². The number of furan rings is 1. The Morgan fingerprint density at radius 1 is 1.25 bits per heavy atom. The SMILES string of the molecule is CC(C)N1CCc2c(oc3ccccc23)C1. The zero-order valence-electron chi connectivity index (χ0n) is 9.86. The first-order chi connectivity index (χ1) is 7.75. The molecule has 0 radical (unpaired) electrons. The summed E-state index contributed by atoms with van der Waals surface area (Å²) in [4.78, 5) is 2.46. The highest BCUT2D eigenvalue weighted by Crippen LogP contribution is 2.30. The Morgan fingerprint density at radius 3 is 2.88 bits per heavy atom. The molecule has 0 bridgehead atoms. The Balaban J connectivity index is 2.06. The van der Waals surface area contributed by atoms with Gasteiger partial charge in [0.05, 0.1) is 6.54 Å². The molecule has 0 spiro atoms. The number of rotatable bonds is 1. The molecule has 1 aliphatic rings. The first kappa shape index (κ1) is 9.91. The average molecular weight is 215 g/mol. The molecule has 84 valence electrons. The van der Waals surface area contributed by atoms with Crippen molar-refractivity contribution in [2.75, 3.05) is 6.54 Å². The standard InChI is InChI=1S/C14H17NO/c1-10(2)15-8-7-12-11-5-3-4-6-13(11)16-14(12)9-15/h3-6,10H,7-9H2,1-2H3. The lowest BCUT2D eigenvalue weighted by Crippen LogP contribution is -2.35. The maximum Gasteiger partial charge on any atom is 0.134 e. The van der Waals surface area contributed by atoms with Crippen LogP contribution in [0.15, 0.2) is 28.7 Å². The van der Waals surface area contributed by atoms with Gasteiger partial charge in [-0.2, -0.15) is 0 Å². The summed E-state index contributed by atoms with van der Waals surface area (Å²) in [5.74, 6) is 1.17.